The molecule has 0 saturated heterocycles. The van der Waals surface area contributed by atoms with Gasteiger partial charge in [0.2, 0.25) is 0 Å². The third-order valence-electron chi connectivity index (χ3n) is 3.10. The Labute approximate surface area is 125 Å². The predicted molar refractivity (Wildman–Crippen MR) is 77.2 cm³/mol. The maximum atomic E-state index is 13.5. The molecule has 0 unspecified atom stereocenters. The minimum absolute atomic E-state index is 0.181. The summed E-state index contributed by atoms with van der Waals surface area (Å²) < 4.78 is 24.7. The number of hydrogen-bond donors (Lipinski definition) is 1. The fourth-order valence-corrected chi connectivity index (χ4v) is 2.34. The van der Waals surface area contributed by atoms with E-state index in [9.17, 15) is 4.39 Å². The largest absolute Gasteiger partial charge is 0.489 e. The Morgan fingerprint density at radius 3 is 2.76 bits per heavy atom. The van der Waals surface area contributed by atoms with Gasteiger partial charge in [-0.05, 0) is 19.1 Å². The van der Waals surface area contributed by atoms with Gasteiger partial charge in [-0.15, -0.1) is 0 Å². The van der Waals surface area contributed by atoms with Gasteiger partial charge in [-0.25, -0.2) is 14.4 Å². The number of nitrogen functional groups attached to an aromatic ring is 1. The fraction of sp³-hybridized carbons (Fsp3) is 0.286. The Kier molecular flexibility index (Phi) is 3.55. The third kappa shape index (κ3) is 2.58. The van der Waals surface area contributed by atoms with Crippen molar-refractivity contribution in [2.45, 2.75) is 13.3 Å². The second-order valence-corrected chi connectivity index (χ2v) is 5.07. The Bertz CT molecular complexity index is 686. The van der Waals surface area contributed by atoms with Gasteiger partial charge in [-0.2, -0.15) is 0 Å². The van der Waals surface area contributed by atoms with E-state index in [0.717, 1.165) is 6.42 Å². The van der Waals surface area contributed by atoms with Crippen molar-refractivity contribution in [3.63, 3.8) is 0 Å². The predicted octanol–water partition coefficient (Wildman–Crippen LogP) is 2.99. The molecule has 1 aromatic carbocycles. The molecule has 110 valence electrons. The van der Waals surface area contributed by atoms with Crippen LogP contribution in [0.25, 0.3) is 11.4 Å². The molecule has 21 heavy (non-hydrogen) atoms. The summed E-state index contributed by atoms with van der Waals surface area (Å²) in [6, 6.07) is 3.37. The van der Waals surface area contributed by atoms with Crippen molar-refractivity contribution < 1.29 is 13.9 Å². The molecular formula is C14H13ClFN3O2. The lowest BCUT2D eigenvalue weighted by molar-refractivity contribution is 0.297. The van der Waals surface area contributed by atoms with Crippen molar-refractivity contribution >= 4 is 17.4 Å². The van der Waals surface area contributed by atoms with Crippen molar-refractivity contribution in [1.29, 1.82) is 0 Å². The molecule has 0 spiro atoms. The molecule has 0 saturated carbocycles. The van der Waals surface area contributed by atoms with Gasteiger partial charge in [0.25, 0.3) is 0 Å². The van der Waals surface area contributed by atoms with Gasteiger partial charge in [0.05, 0.1) is 23.9 Å². The highest BCUT2D eigenvalue weighted by atomic mass is 35.5. The lowest BCUT2D eigenvalue weighted by atomic mass is 10.1. The Hall–Kier alpha value is -2.08. The van der Waals surface area contributed by atoms with Gasteiger partial charge in [0, 0.05) is 12.0 Å². The molecule has 3 rings (SSSR count). The van der Waals surface area contributed by atoms with Crippen molar-refractivity contribution in [3.05, 3.63) is 28.7 Å². The van der Waals surface area contributed by atoms with Gasteiger partial charge in [-0.1, -0.05) is 11.6 Å². The average molecular weight is 310 g/mol. The summed E-state index contributed by atoms with van der Waals surface area (Å²) in [6.45, 7) is 2.62. The van der Waals surface area contributed by atoms with Crippen LogP contribution in [-0.4, -0.2) is 23.2 Å². The summed E-state index contributed by atoms with van der Waals surface area (Å²) in [5.74, 6) is 0.521. The van der Waals surface area contributed by atoms with Gasteiger partial charge < -0.3 is 15.2 Å². The summed E-state index contributed by atoms with van der Waals surface area (Å²) in [6.07, 6.45) is 0.777. The van der Waals surface area contributed by atoms with Crippen LogP contribution in [0.1, 0.15) is 12.1 Å². The number of fused-ring (bicyclic) bond motifs is 1. The summed E-state index contributed by atoms with van der Waals surface area (Å²) in [5.41, 5.74) is 6.32. The molecule has 0 atom stereocenters. The van der Waals surface area contributed by atoms with Gasteiger partial charge in [-0.3, -0.25) is 0 Å². The highest BCUT2D eigenvalue weighted by molar-refractivity contribution is 6.32. The van der Waals surface area contributed by atoms with E-state index < -0.39 is 5.82 Å². The normalized spacial score (nSPS) is 13.9. The van der Waals surface area contributed by atoms with Gasteiger partial charge in [0.1, 0.15) is 0 Å². The molecule has 2 heterocycles. The first-order valence-electron chi connectivity index (χ1n) is 6.45. The monoisotopic (exact) mass is 309 g/mol. The number of anilines is 1. The molecule has 1 aromatic heterocycles. The molecule has 5 nitrogen and oxygen atoms in total. The zero-order valence-corrected chi connectivity index (χ0v) is 12.1. The first-order valence-corrected chi connectivity index (χ1v) is 6.83. The lowest BCUT2D eigenvalue weighted by Gasteiger charge is -2.11. The second-order valence-electron chi connectivity index (χ2n) is 4.67. The van der Waals surface area contributed by atoms with Crippen LogP contribution in [0.4, 0.5) is 10.2 Å². The molecule has 2 aromatic rings. The van der Waals surface area contributed by atoms with E-state index in [1.165, 1.54) is 6.92 Å². The van der Waals surface area contributed by atoms with E-state index in [-0.39, 0.29) is 11.5 Å². The van der Waals surface area contributed by atoms with E-state index >= 15 is 0 Å². The zero-order chi connectivity index (χ0) is 15.0. The molecule has 1 aliphatic rings. The summed E-state index contributed by atoms with van der Waals surface area (Å²) >= 11 is 6.21. The van der Waals surface area contributed by atoms with Crippen LogP contribution in [0.2, 0.25) is 5.02 Å². The van der Waals surface area contributed by atoms with Crippen LogP contribution >= 0.6 is 11.6 Å². The summed E-state index contributed by atoms with van der Waals surface area (Å²) in [4.78, 5) is 8.05. The van der Waals surface area contributed by atoms with Crippen LogP contribution in [0.5, 0.6) is 11.5 Å². The minimum atomic E-state index is -0.612. The molecule has 2 N–H and O–H groups in total. The first-order chi connectivity index (χ1) is 10.1. The maximum Gasteiger partial charge on any atom is 0.186 e. The van der Waals surface area contributed by atoms with Crippen molar-refractivity contribution in [2.24, 2.45) is 0 Å². The van der Waals surface area contributed by atoms with Crippen molar-refractivity contribution in [3.8, 4) is 22.9 Å². The van der Waals surface area contributed by atoms with Gasteiger partial charge >= 0.3 is 0 Å². The van der Waals surface area contributed by atoms with Crippen LogP contribution < -0.4 is 15.2 Å². The topological polar surface area (TPSA) is 70.3 Å². The van der Waals surface area contributed by atoms with Crippen LogP contribution in [0.3, 0.4) is 0 Å². The number of nitrogens with zero attached hydrogens (tertiary/aromatic N) is 2. The number of aromatic nitrogens is 2. The molecule has 0 fully saturated rings. The average Bonchev–Trinajstić information content (AvgIpc) is 2.69. The molecule has 0 bridgehead atoms. The van der Waals surface area contributed by atoms with Crippen LogP contribution in [0, 0.1) is 12.7 Å². The standard InChI is InChI=1S/C14H13ClFN3O2/c1-7-11(16)13(17)19-14(18-7)8-5-9(15)12-10(6-8)20-3-2-4-21-12/h5-6H,2-4H2,1H3,(H2,17,18,19). The number of aryl methyl sites for hydroxylation is 1. The number of hydrogen-bond acceptors (Lipinski definition) is 5. The quantitative estimate of drug-likeness (QED) is 0.877. The van der Waals surface area contributed by atoms with Crippen LogP contribution in [0.15, 0.2) is 12.1 Å². The lowest BCUT2D eigenvalue weighted by Crippen LogP contribution is -2.03. The SMILES string of the molecule is Cc1nc(-c2cc(Cl)c3c(c2)OCCCO3)nc(N)c1F. The first kappa shape index (κ1) is 13.9. The summed E-state index contributed by atoms with van der Waals surface area (Å²) in [7, 11) is 0. The number of halogens is 2. The van der Waals surface area contributed by atoms with Crippen molar-refractivity contribution in [2.75, 3.05) is 18.9 Å². The third-order valence-corrected chi connectivity index (χ3v) is 3.38. The maximum absolute atomic E-state index is 13.5. The molecule has 1 aliphatic heterocycles. The second kappa shape index (κ2) is 5.37. The molecule has 7 heteroatoms. The van der Waals surface area contributed by atoms with E-state index in [1.54, 1.807) is 12.1 Å². The van der Waals surface area contributed by atoms with Crippen LogP contribution in [-0.2, 0) is 0 Å². The smallest absolute Gasteiger partial charge is 0.186 e. The highest BCUT2D eigenvalue weighted by Crippen LogP contribution is 2.40. The molecular weight excluding hydrogens is 297 g/mol. The Morgan fingerprint density at radius 1 is 1.24 bits per heavy atom. The number of benzene rings is 1. The molecule has 0 aliphatic carbocycles. The zero-order valence-electron chi connectivity index (χ0n) is 11.3. The summed E-state index contributed by atoms with van der Waals surface area (Å²) in [5, 5.41) is 0.397. The Balaban J connectivity index is 2.11. The fourth-order valence-electron chi connectivity index (χ4n) is 2.07. The van der Waals surface area contributed by atoms with E-state index in [0.29, 0.717) is 41.1 Å². The minimum Gasteiger partial charge on any atom is -0.489 e. The van der Waals surface area contributed by atoms with E-state index in [4.69, 9.17) is 26.8 Å². The number of ether oxygens (including phenoxy) is 2. The molecule has 0 amide bonds. The van der Waals surface area contributed by atoms with E-state index in [1.807, 2.05) is 0 Å². The number of nitrogens with two attached hydrogens (primary N) is 1. The number of rotatable bonds is 1. The molecule has 0 radical (unpaired) electrons. The Morgan fingerprint density at radius 2 is 2.00 bits per heavy atom. The highest BCUT2D eigenvalue weighted by Gasteiger charge is 2.18. The van der Waals surface area contributed by atoms with Gasteiger partial charge in [0.15, 0.2) is 29.0 Å². The van der Waals surface area contributed by atoms with E-state index in [2.05, 4.69) is 9.97 Å². The van der Waals surface area contributed by atoms with Crippen molar-refractivity contribution in [1.82, 2.24) is 9.97 Å².